The highest BCUT2D eigenvalue weighted by atomic mass is 32.2. The molecule has 0 aliphatic carbocycles. The topological polar surface area (TPSA) is 21.3 Å². The molecule has 0 fully saturated rings. The van der Waals surface area contributed by atoms with Crippen molar-refractivity contribution in [3.05, 3.63) is 29.8 Å². The van der Waals surface area contributed by atoms with Crippen molar-refractivity contribution in [2.24, 2.45) is 0 Å². The molecule has 0 saturated carbocycles. The van der Waals surface area contributed by atoms with Crippen LogP contribution < -0.4 is 5.32 Å². The van der Waals surface area contributed by atoms with Crippen molar-refractivity contribution in [2.45, 2.75) is 37.1 Å². The van der Waals surface area contributed by atoms with Crippen LogP contribution in [0.15, 0.2) is 29.2 Å². The minimum Gasteiger partial charge on any atom is -0.380 e. The van der Waals surface area contributed by atoms with Gasteiger partial charge in [-0.15, -0.1) is 11.8 Å². The second-order valence-corrected chi connectivity index (χ2v) is 5.78. The predicted molar refractivity (Wildman–Crippen MR) is 78.3 cm³/mol. The Morgan fingerprint density at radius 2 is 2.22 bits per heavy atom. The first kappa shape index (κ1) is 13.9. The van der Waals surface area contributed by atoms with Gasteiger partial charge in [-0.25, -0.2) is 0 Å². The summed E-state index contributed by atoms with van der Waals surface area (Å²) in [5.74, 6) is 1.21. The van der Waals surface area contributed by atoms with Crippen LogP contribution in [0.2, 0.25) is 0 Å². The second-order valence-electron chi connectivity index (χ2n) is 4.65. The molecule has 3 heteroatoms. The fourth-order valence-electron chi connectivity index (χ4n) is 2.21. The Balaban J connectivity index is 1.74. The highest BCUT2D eigenvalue weighted by Crippen LogP contribution is 2.35. The number of benzene rings is 1. The highest BCUT2D eigenvalue weighted by Gasteiger charge is 2.19. The molecule has 0 radical (unpaired) electrons. The molecule has 1 unspecified atom stereocenters. The van der Waals surface area contributed by atoms with Crippen LogP contribution in [0.1, 0.15) is 37.8 Å². The lowest BCUT2D eigenvalue weighted by Crippen LogP contribution is -2.27. The van der Waals surface area contributed by atoms with Gasteiger partial charge in [0, 0.05) is 24.1 Å². The van der Waals surface area contributed by atoms with Gasteiger partial charge >= 0.3 is 0 Å². The Kier molecular flexibility index (Phi) is 6.05. The van der Waals surface area contributed by atoms with Gasteiger partial charge in [0.1, 0.15) is 0 Å². The van der Waals surface area contributed by atoms with Crippen LogP contribution in [-0.4, -0.2) is 25.5 Å². The minimum atomic E-state index is 0.511. The lowest BCUT2D eigenvalue weighted by Gasteiger charge is -2.26. The Hall–Kier alpha value is -0.510. The maximum absolute atomic E-state index is 5.59. The second kappa shape index (κ2) is 7.82. The number of rotatable bonds is 7. The molecule has 1 aromatic carbocycles. The summed E-state index contributed by atoms with van der Waals surface area (Å²) in [6, 6.07) is 9.25. The molecule has 2 rings (SSSR count). The number of thioether (sulfide) groups is 1. The van der Waals surface area contributed by atoms with Crippen molar-refractivity contribution in [3.8, 4) is 0 Å². The van der Waals surface area contributed by atoms with Gasteiger partial charge in [-0.05, 0) is 30.2 Å². The quantitative estimate of drug-likeness (QED) is 0.761. The van der Waals surface area contributed by atoms with E-state index < -0.39 is 0 Å². The van der Waals surface area contributed by atoms with Gasteiger partial charge in [-0.2, -0.15) is 0 Å². The van der Waals surface area contributed by atoms with E-state index in [-0.39, 0.29) is 0 Å². The van der Waals surface area contributed by atoms with Gasteiger partial charge in [0.2, 0.25) is 0 Å². The monoisotopic (exact) mass is 265 g/mol. The maximum Gasteiger partial charge on any atom is 0.0591 e. The summed E-state index contributed by atoms with van der Waals surface area (Å²) < 4.78 is 5.59. The van der Waals surface area contributed by atoms with Gasteiger partial charge in [-0.1, -0.05) is 31.5 Å². The first-order valence-electron chi connectivity index (χ1n) is 6.94. The number of hydrogen-bond donors (Lipinski definition) is 1. The third kappa shape index (κ3) is 4.01. The molecule has 1 N–H and O–H groups in total. The zero-order valence-corrected chi connectivity index (χ0v) is 12.0. The molecule has 18 heavy (non-hydrogen) atoms. The standard InChI is InChI=1S/C15H23NOS/c1-2-3-10-17-11-9-16-14-8-12-18-15-7-5-4-6-13(14)15/h4-7,14,16H,2-3,8-12H2,1H3. The zero-order valence-electron chi connectivity index (χ0n) is 11.2. The minimum absolute atomic E-state index is 0.511. The summed E-state index contributed by atoms with van der Waals surface area (Å²) in [7, 11) is 0. The zero-order chi connectivity index (χ0) is 12.6. The molecule has 100 valence electrons. The molecule has 2 nitrogen and oxygen atoms in total. The smallest absolute Gasteiger partial charge is 0.0591 e. The molecule has 0 amide bonds. The first-order chi connectivity index (χ1) is 8.92. The van der Waals surface area contributed by atoms with Crippen LogP contribution in [0, 0.1) is 0 Å². The molecule has 0 aromatic heterocycles. The van der Waals surface area contributed by atoms with E-state index in [0.29, 0.717) is 6.04 Å². The molecule has 1 aliphatic rings. The molecule has 1 aliphatic heterocycles. The van der Waals surface area contributed by atoms with Crippen LogP contribution in [0.3, 0.4) is 0 Å². The average Bonchev–Trinajstić information content (AvgIpc) is 2.43. The van der Waals surface area contributed by atoms with E-state index in [9.17, 15) is 0 Å². The van der Waals surface area contributed by atoms with Crippen molar-refractivity contribution >= 4 is 11.8 Å². The molecule has 1 atom stereocenters. The number of ether oxygens (including phenoxy) is 1. The van der Waals surface area contributed by atoms with Crippen molar-refractivity contribution < 1.29 is 4.74 Å². The van der Waals surface area contributed by atoms with Gasteiger partial charge in [0.25, 0.3) is 0 Å². The largest absolute Gasteiger partial charge is 0.380 e. The fraction of sp³-hybridized carbons (Fsp3) is 0.600. The fourth-order valence-corrected chi connectivity index (χ4v) is 3.33. The van der Waals surface area contributed by atoms with E-state index in [1.807, 2.05) is 11.8 Å². The van der Waals surface area contributed by atoms with Gasteiger partial charge in [0.15, 0.2) is 0 Å². The Morgan fingerprint density at radius 1 is 1.33 bits per heavy atom. The van der Waals surface area contributed by atoms with E-state index in [1.54, 1.807) is 0 Å². The van der Waals surface area contributed by atoms with Crippen LogP contribution >= 0.6 is 11.8 Å². The molecular formula is C15H23NOS. The van der Waals surface area contributed by atoms with Crippen LogP contribution in [0.25, 0.3) is 0 Å². The van der Waals surface area contributed by atoms with Crippen molar-refractivity contribution in [3.63, 3.8) is 0 Å². The summed E-state index contributed by atoms with van der Waals surface area (Å²) in [5.41, 5.74) is 1.46. The molecule has 1 aromatic rings. The van der Waals surface area contributed by atoms with Crippen LogP contribution in [0.5, 0.6) is 0 Å². The maximum atomic E-state index is 5.59. The number of unbranched alkanes of at least 4 members (excludes halogenated alkanes) is 1. The summed E-state index contributed by atoms with van der Waals surface area (Å²) in [5, 5.41) is 3.62. The summed E-state index contributed by atoms with van der Waals surface area (Å²) in [4.78, 5) is 1.44. The predicted octanol–water partition coefficient (Wildman–Crippen LogP) is 3.63. The van der Waals surface area contributed by atoms with Gasteiger partial charge in [0.05, 0.1) is 6.61 Å². The van der Waals surface area contributed by atoms with Crippen LogP contribution in [-0.2, 0) is 4.74 Å². The van der Waals surface area contributed by atoms with Gasteiger partial charge in [-0.3, -0.25) is 0 Å². The Morgan fingerprint density at radius 3 is 3.11 bits per heavy atom. The molecule has 0 spiro atoms. The highest BCUT2D eigenvalue weighted by molar-refractivity contribution is 7.99. The molecular weight excluding hydrogens is 242 g/mol. The third-order valence-corrected chi connectivity index (χ3v) is 4.36. The van der Waals surface area contributed by atoms with E-state index in [0.717, 1.165) is 19.8 Å². The van der Waals surface area contributed by atoms with Crippen molar-refractivity contribution in [1.29, 1.82) is 0 Å². The van der Waals surface area contributed by atoms with Crippen LogP contribution in [0.4, 0.5) is 0 Å². The number of fused-ring (bicyclic) bond motifs is 1. The lowest BCUT2D eigenvalue weighted by molar-refractivity contribution is 0.130. The van der Waals surface area contributed by atoms with Crippen molar-refractivity contribution in [1.82, 2.24) is 5.32 Å². The first-order valence-corrected chi connectivity index (χ1v) is 7.93. The summed E-state index contributed by atoms with van der Waals surface area (Å²) in [6.45, 7) is 4.87. The SMILES string of the molecule is CCCCOCCNC1CCSc2ccccc21. The lowest BCUT2D eigenvalue weighted by atomic mass is 10.0. The summed E-state index contributed by atoms with van der Waals surface area (Å²) in [6.07, 6.45) is 3.60. The van der Waals surface area contributed by atoms with E-state index in [4.69, 9.17) is 4.74 Å². The normalized spacial score (nSPS) is 18.6. The third-order valence-electron chi connectivity index (χ3n) is 3.24. The molecule has 0 bridgehead atoms. The number of nitrogens with one attached hydrogen (secondary N) is 1. The van der Waals surface area contributed by atoms with Crippen molar-refractivity contribution in [2.75, 3.05) is 25.5 Å². The Labute approximate surface area is 114 Å². The molecule has 1 heterocycles. The molecule has 0 saturated heterocycles. The van der Waals surface area contributed by atoms with E-state index >= 15 is 0 Å². The number of hydrogen-bond acceptors (Lipinski definition) is 3. The van der Waals surface area contributed by atoms with E-state index in [1.165, 1.54) is 35.5 Å². The Bertz CT molecular complexity index is 356. The van der Waals surface area contributed by atoms with Gasteiger partial charge < -0.3 is 10.1 Å². The summed E-state index contributed by atoms with van der Waals surface area (Å²) >= 11 is 1.97. The average molecular weight is 265 g/mol. The van der Waals surface area contributed by atoms with E-state index in [2.05, 4.69) is 36.5 Å².